The van der Waals surface area contributed by atoms with Gasteiger partial charge in [-0.3, -0.25) is 19.5 Å². The Kier molecular flexibility index (Phi) is 5.53. The summed E-state index contributed by atoms with van der Waals surface area (Å²) in [6, 6.07) is 7.57. The number of hydrogen-bond acceptors (Lipinski definition) is 3. The number of nitrogens with zero attached hydrogens (tertiary/aromatic N) is 2. The summed E-state index contributed by atoms with van der Waals surface area (Å²) < 4.78 is 28.2. The molecule has 0 aliphatic rings. The molecule has 9 heteroatoms. The molecule has 5 nitrogen and oxygen atoms in total. The van der Waals surface area contributed by atoms with Gasteiger partial charge >= 0.3 is 0 Å². The molecule has 0 fully saturated rings. The number of carbonyl (C=O) groups is 2. The average Bonchev–Trinajstić information content (AvgIpc) is 3.07. The highest BCUT2D eigenvalue weighted by Crippen LogP contribution is 2.22. The van der Waals surface area contributed by atoms with E-state index in [1.165, 1.54) is 24.5 Å². The fourth-order valence-corrected chi connectivity index (χ4v) is 2.72. The van der Waals surface area contributed by atoms with Crippen molar-refractivity contribution in [3.63, 3.8) is 0 Å². The van der Waals surface area contributed by atoms with Gasteiger partial charge in [-0.1, -0.05) is 29.3 Å². The fraction of sp³-hybridized carbons (Fsp3) is 0.0556. The standard InChI is InChI=1S/C18H11Cl2F2N3O2/c19-12-3-1-10(7-13(12)20)8-16(26)24-18(27)17-23-5-6-25(17)15-4-2-11(21)9-14(15)22/h1-7,9H,8H2,(H,24,26,27). The van der Waals surface area contributed by atoms with E-state index in [2.05, 4.69) is 10.3 Å². The van der Waals surface area contributed by atoms with Gasteiger partial charge in [0, 0.05) is 18.5 Å². The molecule has 0 unspecified atom stereocenters. The Morgan fingerprint density at radius 3 is 2.56 bits per heavy atom. The Morgan fingerprint density at radius 1 is 1.07 bits per heavy atom. The third kappa shape index (κ3) is 4.32. The predicted molar refractivity (Wildman–Crippen MR) is 96.1 cm³/mol. The van der Waals surface area contributed by atoms with Crippen LogP contribution in [0.25, 0.3) is 5.69 Å². The Hall–Kier alpha value is -2.77. The molecule has 1 heterocycles. The molecule has 0 atom stereocenters. The number of halogens is 4. The molecule has 138 valence electrons. The van der Waals surface area contributed by atoms with Gasteiger partial charge in [-0.25, -0.2) is 13.8 Å². The molecule has 0 saturated carbocycles. The summed E-state index contributed by atoms with van der Waals surface area (Å²) in [7, 11) is 0. The molecule has 0 aliphatic carbocycles. The van der Waals surface area contributed by atoms with Crippen molar-refractivity contribution in [1.82, 2.24) is 14.9 Å². The van der Waals surface area contributed by atoms with E-state index < -0.39 is 23.4 Å². The van der Waals surface area contributed by atoms with Crippen LogP contribution >= 0.6 is 23.2 Å². The lowest BCUT2D eigenvalue weighted by Crippen LogP contribution is -2.33. The zero-order valence-corrected chi connectivity index (χ0v) is 15.1. The maximum atomic E-state index is 14.0. The summed E-state index contributed by atoms with van der Waals surface area (Å²) in [5.41, 5.74) is 0.485. The Morgan fingerprint density at radius 2 is 1.85 bits per heavy atom. The predicted octanol–water partition coefficient (Wildman–Crippen LogP) is 3.96. The minimum Gasteiger partial charge on any atom is -0.293 e. The lowest BCUT2D eigenvalue weighted by Gasteiger charge is -2.09. The molecule has 1 N–H and O–H groups in total. The first-order valence-electron chi connectivity index (χ1n) is 7.62. The summed E-state index contributed by atoms with van der Waals surface area (Å²) in [5, 5.41) is 2.81. The van der Waals surface area contributed by atoms with Crippen molar-refractivity contribution in [3.8, 4) is 5.69 Å². The summed E-state index contributed by atoms with van der Waals surface area (Å²) in [6.07, 6.45) is 2.48. The summed E-state index contributed by atoms with van der Waals surface area (Å²) in [5.74, 6) is -3.27. The van der Waals surface area contributed by atoms with Crippen LogP contribution in [0.5, 0.6) is 0 Å². The van der Waals surface area contributed by atoms with Gasteiger partial charge in [0.25, 0.3) is 5.91 Å². The Bertz CT molecular complexity index is 1040. The van der Waals surface area contributed by atoms with Crippen LogP contribution in [0.15, 0.2) is 48.8 Å². The number of aromatic nitrogens is 2. The second kappa shape index (κ2) is 7.85. The van der Waals surface area contributed by atoms with E-state index in [0.29, 0.717) is 16.7 Å². The van der Waals surface area contributed by atoms with Gasteiger partial charge < -0.3 is 0 Å². The van der Waals surface area contributed by atoms with Gasteiger partial charge in [0.1, 0.15) is 11.6 Å². The SMILES string of the molecule is O=C(Cc1ccc(Cl)c(Cl)c1)NC(=O)c1nccn1-c1ccc(F)cc1F. The van der Waals surface area contributed by atoms with Crippen LogP contribution in [0, 0.1) is 11.6 Å². The summed E-state index contributed by atoms with van der Waals surface area (Å²) in [6.45, 7) is 0. The van der Waals surface area contributed by atoms with Gasteiger partial charge in [0.05, 0.1) is 22.2 Å². The molecule has 3 rings (SSSR count). The maximum Gasteiger partial charge on any atom is 0.294 e. The molecular weight excluding hydrogens is 399 g/mol. The van der Waals surface area contributed by atoms with Crippen LogP contribution in [0.2, 0.25) is 10.0 Å². The molecule has 0 radical (unpaired) electrons. The topological polar surface area (TPSA) is 64.0 Å². The third-order valence-corrected chi connectivity index (χ3v) is 4.35. The van der Waals surface area contributed by atoms with Gasteiger partial charge in [-0.05, 0) is 29.8 Å². The van der Waals surface area contributed by atoms with Crippen LogP contribution in [-0.4, -0.2) is 21.4 Å². The van der Waals surface area contributed by atoms with Crippen molar-refractivity contribution in [2.24, 2.45) is 0 Å². The van der Waals surface area contributed by atoms with Crippen molar-refractivity contribution in [3.05, 3.63) is 81.9 Å². The molecule has 27 heavy (non-hydrogen) atoms. The van der Waals surface area contributed by atoms with Crippen LogP contribution in [0.4, 0.5) is 8.78 Å². The highest BCUT2D eigenvalue weighted by atomic mass is 35.5. The summed E-state index contributed by atoms with van der Waals surface area (Å²) in [4.78, 5) is 28.3. The van der Waals surface area contributed by atoms with Gasteiger partial charge in [0.2, 0.25) is 11.7 Å². The number of carbonyl (C=O) groups excluding carboxylic acids is 2. The lowest BCUT2D eigenvalue weighted by molar-refractivity contribution is -0.119. The number of nitrogens with one attached hydrogen (secondary N) is 1. The van der Waals surface area contributed by atoms with E-state index >= 15 is 0 Å². The molecular formula is C18H11Cl2F2N3O2. The van der Waals surface area contributed by atoms with E-state index in [9.17, 15) is 18.4 Å². The van der Waals surface area contributed by atoms with Gasteiger partial charge in [0.15, 0.2) is 0 Å². The quantitative estimate of drug-likeness (QED) is 0.709. The zero-order valence-electron chi connectivity index (χ0n) is 13.5. The number of benzene rings is 2. The van der Waals surface area contributed by atoms with Gasteiger partial charge in [-0.2, -0.15) is 0 Å². The molecule has 3 aromatic rings. The van der Waals surface area contributed by atoms with Gasteiger partial charge in [-0.15, -0.1) is 0 Å². The zero-order chi connectivity index (χ0) is 19.6. The molecule has 2 aromatic carbocycles. The first-order valence-corrected chi connectivity index (χ1v) is 8.37. The third-order valence-electron chi connectivity index (χ3n) is 3.61. The molecule has 2 amide bonds. The molecule has 0 aliphatic heterocycles. The van der Waals surface area contributed by atoms with Crippen LogP contribution in [0.3, 0.4) is 0 Å². The molecule has 1 aromatic heterocycles. The van der Waals surface area contributed by atoms with Crippen LogP contribution in [0.1, 0.15) is 16.2 Å². The smallest absolute Gasteiger partial charge is 0.293 e. The van der Waals surface area contributed by atoms with E-state index in [1.54, 1.807) is 12.1 Å². The monoisotopic (exact) mass is 409 g/mol. The first-order chi connectivity index (χ1) is 12.8. The second-order valence-electron chi connectivity index (χ2n) is 5.52. The second-order valence-corrected chi connectivity index (χ2v) is 6.33. The number of imidazole rings is 1. The highest BCUT2D eigenvalue weighted by Gasteiger charge is 2.19. The van der Waals surface area contributed by atoms with Crippen LogP contribution < -0.4 is 5.32 Å². The summed E-state index contributed by atoms with van der Waals surface area (Å²) >= 11 is 11.7. The number of amides is 2. The van der Waals surface area contributed by atoms with Crippen molar-refractivity contribution in [1.29, 1.82) is 0 Å². The molecule has 0 bridgehead atoms. The van der Waals surface area contributed by atoms with Crippen LogP contribution in [-0.2, 0) is 11.2 Å². The van der Waals surface area contributed by atoms with E-state index in [4.69, 9.17) is 23.2 Å². The van der Waals surface area contributed by atoms with Crippen molar-refractivity contribution < 1.29 is 18.4 Å². The molecule has 0 saturated heterocycles. The van der Waals surface area contributed by atoms with Crippen molar-refractivity contribution in [2.75, 3.05) is 0 Å². The van der Waals surface area contributed by atoms with Crippen molar-refractivity contribution in [2.45, 2.75) is 6.42 Å². The largest absolute Gasteiger partial charge is 0.294 e. The fourth-order valence-electron chi connectivity index (χ4n) is 2.40. The van der Waals surface area contributed by atoms with E-state index in [0.717, 1.165) is 10.6 Å². The van der Waals surface area contributed by atoms with Crippen molar-refractivity contribution >= 4 is 35.0 Å². The highest BCUT2D eigenvalue weighted by molar-refractivity contribution is 6.42. The minimum absolute atomic E-state index is 0.0732. The minimum atomic E-state index is -0.871. The average molecular weight is 410 g/mol. The molecule has 0 spiro atoms. The lowest BCUT2D eigenvalue weighted by atomic mass is 10.1. The number of rotatable bonds is 4. The number of imide groups is 1. The Balaban J connectivity index is 1.76. The maximum absolute atomic E-state index is 14.0. The Labute approximate surface area is 162 Å². The first kappa shape index (κ1) is 19.0. The van der Waals surface area contributed by atoms with E-state index in [-0.39, 0.29) is 23.0 Å². The normalized spacial score (nSPS) is 10.7. The van der Waals surface area contributed by atoms with E-state index in [1.807, 2.05) is 0 Å². The number of hydrogen-bond donors (Lipinski definition) is 1.